The van der Waals surface area contributed by atoms with Crippen molar-refractivity contribution < 1.29 is 9.53 Å². The number of rotatable bonds is 8. The third-order valence-corrected chi connectivity index (χ3v) is 4.52. The first-order valence-electron chi connectivity index (χ1n) is 8.79. The molecule has 140 valence electrons. The predicted octanol–water partition coefficient (Wildman–Crippen LogP) is 3.85. The van der Waals surface area contributed by atoms with Gasteiger partial charge in [-0.2, -0.15) is 0 Å². The van der Waals surface area contributed by atoms with Gasteiger partial charge in [-0.3, -0.25) is 4.79 Å². The summed E-state index contributed by atoms with van der Waals surface area (Å²) in [5, 5.41) is 3.74. The summed E-state index contributed by atoms with van der Waals surface area (Å²) >= 11 is 1.53. The molecule has 0 aliphatic rings. The van der Waals surface area contributed by atoms with Gasteiger partial charge >= 0.3 is 0 Å². The molecule has 0 atom stereocenters. The van der Waals surface area contributed by atoms with Crippen molar-refractivity contribution in [3.63, 3.8) is 0 Å². The van der Waals surface area contributed by atoms with Crippen LogP contribution in [0.5, 0.6) is 5.75 Å². The lowest BCUT2D eigenvalue weighted by Crippen LogP contribution is -2.23. The zero-order chi connectivity index (χ0) is 19.1. The van der Waals surface area contributed by atoms with E-state index in [4.69, 9.17) is 4.74 Å². The lowest BCUT2D eigenvalue weighted by atomic mass is 10.1. The van der Waals surface area contributed by atoms with Crippen LogP contribution >= 0.6 is 11.8 Å². The molecule has 0 unspecified atom stereocenters. The molecule has 0 saturated heterocycles. The number of carbonyl (C=O) groups is 1. The Kier molecular flexibility index (Phi) is 7.45. The highest BCUT2D eigenvalue weighted by atomic mass is 32.2. The molecule has 5 nitrogen and oxygen atoms in total. The number of nitrogens with one attached hydrogen (secondary N) is 1. The summed E-state index contributed by atoms with van der Waals surface area (Å²) in [6.45, 7) is 8.46. The van der Waals surface area contributed by atoms with E-state index in [9.17, 15) is 4.79 Å². The Morgan fingerprint density at radius 3 is 2.31 bits per heavy atom. The Morgan fingerprint density at radius 1 is 1.15 bits per heavy atom. The second-order valence-corrected chi connectivity index (χ2v) is 7.22. The summed E-state index contributed by atoms with van der Waals surface area (Å²) in [6, 6.07) is 7.81. The summed E-state index contributed by atoms with van der Waals surface area (Å²) in [7, 11) is 0. The molecule has 2 aromatic rings. The number of aromatic nitrogens is 2. The van der Waals surface area contributed by atoms with Crippen molar-refractivity contribution in [3.8, 4) is 5.75 Å². The highest BCUT2D eigenvalue weighted by Gasteiger charge is 2.10. The normalized spacial score (nSPS) is 10.8. The molecule has 0 radical (unpaired) electrons. The highest BCUT2D eigenvalue weighted by Crippen LogP contribution is 2.17. The van der Waals surface area contributed by atoms with E-state index in [1.54, 1.807) is 0 Å². The Hall–Kier alpha value is -2.08. The summed E-state index contributed by atoms with van der Waals surface area (Å²) in [5.74, 6) is 0.870. The van der Waals surface area contributed by atoms with E-state index in [1.165, 1.54) is 11.8 Å². The Labute approximate surface area is 160 Å². The first-order valence-corrected chi connectivity index (χ1v) is 10.0. The number of nitrogens with zero attached hydrogens (tertiary/aromatic N) is 2. The minimum atomic E-state index is 0.0280. The average molecular weight is 374 g/mol. The lowest BCUT2D eigenvalue weighted by Gasteiger charge is -2.11. The van der Waals surface area contributed by atoms with E-state index >= 15 is 0 Å². The predicted molar refractivity (Wildman–Crippen MR) is 106 cm³/mol. The first-order chi connectivity index (χ1) is 12.4. The zero-order valence-corrected chi connectivity index (χ0v) is 16.9. The number of aryl methyl sites for hydroxylation is 2. The monoisotopic (exact) mass is 373 g/mol. The molecule has 1 aromatic carbocycles. The van der Waals surface area contributed by atoms with Crippen LogP contribution in [0.3, 0.4) is 0 Å². The van der Waals surface area contributed by atoms with Crippen LogP contribution in [0.2, 0.25) is 0 Å². The molecule has 0 saturated carbocycles. The Balaban J connectivity index is 1.84. The molecule has 0 fully saturated rings. The Bertz CT molecular complexity index is 722. The van der Waals surface area contributed by atoms with Crippen molar-refractivity contribution in [2.24, 2.45) is 0 Å². The van der Waals surface area contributed by atoms with Gasteiger partial charge < -0.3 is 10.1 Å². The second-order valence-electron chi connectivity index (χ2n) is 6.45. The smallest absolute Gasteiger partial charge is 0.220 e. The maximum absolute atomic E-state index is 12.2. The van der Waals surface area contributed by atoms with Gasteiger partial charge in [0.2, 0.25) is 5.91 Å². The summed E-state index contributed by atoms with van der Waals surface area (Å²) in [5.41, 5.74) is 4.02. The maximum Gasteiger partial charge on any atom is 0.220 e. The number of carbonyl (C=O) groups excluding carboxylic acids is 1. The van der Waals surface area contributed by atoms with Crippen LogP contribution in [0, 0.1) is 13.8 Å². The minimum Gasteiger partial charge on any atom is -0.491 e. The van der Waals surface area contributed by atoms with E-state index in [0.717, 1.165) is 33.4 Å². The van der Waals surface area contributed by atoms with Crippen molar-refractivity contribution in [3.05, 3.63) is 46.8 Å². The van der Waals surface area contributed by atoms with Crippen molar-refractivity contribution >= 4 is 17.7 Å². The largest absolute Gasteiger partial charge is 0.491 e. The topological polar surface area (TPSA) is 64.1 Å². The fraction of sp³-hybridized carbons (Fsp3) is 0.450. The fourth-order valence-corrected chi connectivity index (χ4v) is 3.10. The van der Waals surface area contributed by atoms with Crippen molar-refractivity contribution in [1.82, 2.24) is 15.3 Å². The van der Waals surface area contributed by atoms with Gasteiger partial charge in [0.15, 0.2) is 5.16 Å². The molecule has 26 heavy (non-hydrogen) atoms. The molecule has 1 heterocycles. The van der Waals surface area contributed by atoms with Crippen molar-refractivity contribution in [2.45, 2.75) is 58.3 Å². The maximum atomic E-state index is 12.2. The molecule has 2 rings (SSSR count). The van der Waals surface area contributed by atoms with Crippen LogP contribution in [-0.4, -0.2) is 28.2 Å². The molecule has 0 spiro atoms. The van der Waals surface area contributed by atoms with Crippen molar-refractivity contribution in [2.75, 3.05) is 6.26 Å². The zero-order valence-electron chi connectivity index (χ0n) is 16.1. The van der Waals surface area contributed by atoms with Gasteiger partial charge in [0.1, 0.15) is 5.75 Å². The SMILES string of the molecule is CSc1nc(C)c(CCC(=O)NCc2ccc(OC(C)C)cc2)c(C)n1. The quantitative estimate of drug-likeness (QED) is 0.562. The van der Waals surface area contributed by atoms with E-state index < -0.39 is 0 Å². The summed E-state index contributed by atoms with van der Waals surface area (Å²) in [6.07, 6.45) is 3.20. The average Bonchev–Trinajstić information content (AvgIpc) is 2.59. The third-order valence-electron chi connectivity index (χ3n) is 3.97. The Morgan fingerprint density at radius 2 is 1.77 bits per heavy atom. The van der Waals surface area contributed by atoms with Gasteiger partial charge in [0.25, 0.3) is 0 Å². The molecule has 0 aliphatic carbocycles. The van der Waals surface area contributed by atoms with Gasteiger partial charge in [-0.1, -0.05) is 23.9 Å². The minimum absolute atomic E-state index is 0.0280. The molecular formula is C20H27N3O2S. The van der Waals surface area contributed by atoms with Crippen LogP contribution in [0.1, 0.15) is 42.8 Å². The summed E-state index contributed by atoms with van der Waals surface area (Å²) < 4.78 is 5.62. The molecule has 1 amide bonds. The van der Waals surface area contributed by atoms with Gasteiger partial charge in [0.05, 0.1) is 6.10 Å². The van der Waals surface area contributed by atoms with Crippen LogP contribution in [0.25, 0.3) is 0 Å². The number of hydrogen-bond acceptors (Lipinski definition) is 5. The van der Waals surface area contributed by atoms with Gasteiger partial charge in [-0.15, -0.1) is 0 Å². The van der Waals surface area contributed by atoms with Gasteiger partial charge in [-0.25, -0.2) is 9.97 Å². The molecule has 1 aromatic heterocycles. The van der Waals surface area contributed by atoms with E-state index in [2.05, 4.69) is 15.3 Å². The van der Waals surface area contributed by atoms with Crippen LogP contribution in [0.15, 0.2) is 29.4 Å². The van der Waals surface area contributed by atoms with Crippen molar-refractivity contribution in [1.29, 1.82) is 0 Å². The first kappa shape index (κ1) is 20.2. The van der Waals surface area contributed by atoms with Gasteiger partial charge in [-0.05, 0) is 63.6 Å². The third kappa shape index (κ3) is 6.02. The van der Waals surface area contributed by atoms with E-state index in [1.807, 2.05) is 58.2 Å². The molecular weight excluding hydrogens is 346 g/mol. The molecule has 0 bridgehead atoms. The van der Waals surface area contributed by atoms with Gasteiger partial charge in [0, 0.05) is 24.4 Å². The highest BCUT2D eigenvalue weighted by molar-refractivity contribution is 7.98. The summed E-state index contributed by atoms with van der Waals surface area (Å²) in [4.78, 5) is 21.1. The van der Waals surface area contributed by atoms with Crippen LogP contribution in [-0.2, 0) is 17.8 Å². The number of thioether (sulfide) groups is 1. The molecule has 6 heteroatoms. The molecule has 0 aliphatic heterocycles. The lowest BCUT2D eigenvalue weighted by molar-refractivity contribution is -0.121. The van der Waals surface area contributed by atoms with Crippen LogP contribution in [0.4, 0.5) is 0 Å². The van der Waals surface area contributed by atoms with Crippen LogP contribution < -0.4 is 10.1 Å². The van der Waals surface area contributed by atoms with E-state index in [-0.39, 0.29) is 12.0 Å². The standard InChI is InChI=1S/C20H27N3O2S/c1-13(2)25-17-8-6-16(7-9-17)12-21-19(24)11-10-18-14(3)22-20(26-5)23-15(18)4/h6-9,13H,10-12H2,1-5H3,(H,21,24). The fourth-order valence-electron chi connectivity index (χ4n) is 2.65. The second kappa shape index (κ2) is 9.57. The number of hydrogen-bond donors (Lipinski definition) is 1. The number of ether oxygens (including phenoxy) is 1. The van der Waals surface area contributed by atoms with E-state index in [0.29, 0.717) is 19.4 Å². The number of amides is 1. The molecule has 1 N–H and O–H groups in total. The number of benzene rings is 1.